The van der Waals surface area contributed by atoms with Gasteiger partial charge in [0.05, 0.1) is 31.7 Å². The van der Waals surface area contributed by atoms with Gasteiger partial charge in [-0.05, 0) is 62.8 Å². The maximum absolute atomic E-state index is 5.79. The van der Waals surface area contributed by atoms with Crippen molar-refractivity contribution in [3.05, 3.63) is 40.7 Å². The van der Waals surface area contributed by atoms with Gasteiger partial charge in [0.25, 0.3) is 0 Å². The third kappa shape index (κ3) is 3.06. The van der Waals surface area contributed by atoms with Crippen molar-refractivity contribution in [3.63, 3.8) is 0 Å². The highest BCUT2D eigenvalue weighted by Crippen LogP contribution is 2.38. The second-order valence-corrected chi connectivity index (χ2v) is 8.21. The highest BCUT2D eigenvalue weighted by Gasteiger charge is 2.30. The Hall–Kier alpha value is -2.60. The molecule has 0 amide bonds. The molecule has 3 heterocycles. The van der Waals surface area contributed by atoms with Gasteiger partial charge in [-0.15, -0.1) is 0 Å². The van der Waals surface area contributed by atoms with Crippen molar-refractivity contribution in [2.24, 2.45) is 5.92 Å². The molecule has 152 valence electrons. The van der Waals surface area contributed by atoms with Crippen LogP contribution in [0.5, 0.6) is 5.75 Å². The average Bonchev–Trinajstić information content (AvgIpc) is 3.32. The van der Waals surface area contributed by atoms with Gasteiger partial charge in [0.2, 0.25) is 0 Å². The van der Waals surface area contributed by atoms with Crippen molar-refractivity contribution in [1.29, 1.82) is 0 Å². The lowest BCUT2D eigenvalue weighted by Crippen LogP contribution is -2.29. The lowest BCUT2D eigenvalue weighted by molar-refractivity contribution is 0.133. The Kier molecular flexibility index (Phi) is 4.46. The van der Waals surface area contributed by atoms with E-state index < -0.39 is 0 Å². The molecule has 0 bridgehead atoms. The van der Waals surface area contributed by atoms with Gasteiger partial charge in [-0.3, -0.25) is 0 Å². The fourth-order valence-electron chi connectivity index (χ4n) is 4.40. The summed E-state index contributed by atoms with van der Waals surface area (Å²) in [5.74, 6) is 2.83. The summed E-state index contributed by atoms with van der Waals surface area (Å²) in [5, 5.41) is 4.97. The molecule has 1 fully saturated rings. The summed E-state index contributed by atoms with van der Waals surface area (Å²) in [6.45, 7) is 9.65. The molecule has 0 N–H and O–H groups in total. The lowest BCUT2D eigenvalue weighted by atomic mass is 10.0. The van der Waals surface area contributed by atoms with E-state index >= 15 is 0 Å². The van der Waals surface area contributed by atoms with Crippen LogP contribution in [0.4, 0.5) is 5.82 Å². The first kappa shape index (κ1) is 18.4. The minimum absolute atomic E-state index is 0.574. The molecule has 1 saturated carbocycles. The standard InChI is InChI=1S/C23H28N4O2/c1-5-26(11-16-6-7-16)23-19-12-29-13-20(19)24-22-21(15(3)25-27(22)23)18-9-8-17(28-4)10-14(18)2/h8-10,16H,5-7,11-13H2,1-4H3. The lowest BCUT2D eigenvalue weighted by Gasteiger charge is -2.25. The first-order chi connectivity index (χ1) is 14.1. The van der Waals surface area contributed by atoms with Crippen LogP contribution in [0.25, 0.3) is 16.8 Å². The smallest absolute Gasteiger partial charge is 0.165 e. The number of aryl methyl sites for hydroxylation is 2. The van der Waals surface area contributed by atoms with E-state index in [1.807, 2.05) is 6.07 Å². The summed E-state index contributed by atoms with van der Waals surface area (Å²) < 4.78 is 13.3. The molecule has 2 aromatic heterocycles. The zero-order chi connectivity index (χ0) is 20.1. The van der Waals surface area contributed by atoms with E-state index in [0.717, 1.165) is 64.3 Å². The molecule has 0 atom stereocenters. The zero-order valence-corrected chi connectivity index (χ0v) is 17.7. The SMILES string of the molecule is CCN(CC1CC1)c1c2c(nc3c(-c4ccc(OC)cc4C)c(C)nn13)COC2. The Bertz CT molecular complexity index is 1080. The Morgan fingerprint density at radius 1 is 1.24 bits per heavy atom. The fourth-order valence-corrected chi connectivity index (χ4v) is 4.40. The zero-order valence-electron chi connectivity index (χ0n) is 17.7. The molecule has 1 aliphatic carbocycles. The Morgan fingerprint density at radius 3 is 2.76 bits per heavy atom. The van der Waals surface area contributed by atoms with E-state index in [9.17, 15) is 0 Å². The molecule has 29 heavy (non-hydrogen) atoms. The summed E-state index contributed by atoms with van der Waals surface area (Å²) in [7, 11) is 1.70. The van der Waals surface area contributed by atoms with E-state index in [-0.39, 0.29) is 0 Å². The van der Waals surface area contributed by atoms with Crippen LogP contribution in [-0.4, -0.2) is 34.8 Å². The van der Waals surface area contributed by atoms with E-state index in [2.05, 4.69) is 42.3 Å². The maximum Gasteiger partial charge on any atom is 0.165 e. The molecule has 0 spiro atoms. The van der Waals surface area contributed by atoms with Crippen molar-refractivity contribution in [1.82, 2.24) is 14.6 Å². The number of ether oxygens (including phenoxy) is 2. The number of benzene rings is 1. The molecular formula is C23H28N4O2. The van der Waals surface area contributed by atoms with Gasteiger partial charge in [0.15, 0.2) is 5.65 Å². The molecule has 0 unspecified atom stereocenters. The second-order valence-electron chi connectivity index (χ2n) is 8.21. The third-order valence-corrected chi connectivity index (χ3v) is 6.14. The minimum Gasteiger partial charge on any atom is -0.497 e. The highest BCUT2D eigenvalue weighted by atomic mass is 16.5. The number of anilines is 1. The van der Waals surface area contributed by atoms with Crippen molar-refractivity contribution >= 4 is 11.5 Å². The van der Waals surface area contributed by atoms with Crippen LogP contribution in [0, 0.1) is 19.8 Å². The summed E-state index contributed by atoms with van der Waals surface area (Å²) in [4.78, 5) is 7.50. The molecule has 0 radical (unpaired) electrons. The monoisotopic (exact) mass is 392 g/mol. The van der Waals surface area contributed by atoms with Crippen LogP contribution in [0.15, 0.2) is 18.2 Å². The predicted octanol–water partition coefficient (Wildman–Crippen LogP) is 4.29. The van der Waals surface area contributed by atoms with E-state index in [1.165, 1.54) is 18.4 Å². The van der Waals surface area contributed by atoms with Crippen molar-refractivity contribution in [2.75, 3.05) is 25.1 Å². The predicted molar refractivity (Wildman–Crippen MR) is 114 cm³/mol. The second kappa shape index (κ2) is 7.02. The number of hydrogen-bond donors (Lipinski definition) is 0. The summed E-state index contributed by atoms with van der Waals surface area (Å²) in [6.07, 6.45) is 2.66. The quantitative estimate of drug-likeness (QED) is 0.626. The maximum atomic E-state index is 5.79. The summed E-state index contributed by atoms with van der Waals surface area (Å²) >= 11 is 0. The Balaban J connectivity index is 1.73. The number of hydrogen-bond acceptors (Lipinski definition) is 5. The summed E-state index contributed by atoms with van der Waals surface area (Å²) in [5.41, 5.74) is 7.58. The van der Waals surface area contributed by atoms with E-state index in [0.29, 0.717) is 13.2 Å². The molecule has 5 rings (SSSR count). The largest absolute Gasteiger partial charge is 0.497 e. The van der Waals surface area contributed by atoms with Gasteiger partial charge in [0.1, 0.15) is 11.6 Å². The molecule has 1 aliphatic heterocycles. The number of nitrogens with zero attached hydrogens (tertiary/aromatic N) is 4. The molecule has 1 aromatic carbocycles. The van der Waals surface area contributed by atoms with Crippen LogP contribution in [0.1, 0.15) is 42.3 Å². The van der Waals surface area contributed by atoms with Gasteiger partial charge >= 0.3 is 0 Å². The topological polar surface area (TPSA) is 51.9 Å². The highest BCUT2D eigenvalue weighted by molar-refractivity contribution is 5.83. The molecular weight excluding hydrogens is 364 g/mol. The van der Waals surface area contributed by atoms with Gasteiger partial charge < -0.3 is 14.4 Å². The Morgan fingerprint density at radius 2 is 2.07 bits per heavy atom. The molecule has 0 saturated heterocycles. The first-order valence-electron chi connectivity index (χ1n) is 10.5. The number of methoxy groups -OCH3 is 1. The molecule has 6 heteroatoms. The number of rotatable bonds is 6. The van der Waals surface area contributed by atoms with Gasteiger partial charge in [-0.25, -0.2) is 4.98 Å². The van der Waals surface area contributed by atoms with Crippen molar-refractivity contribution in [3.8, 4) is 16.9 Å². The van der Waals surface area contributed by atoms with Crippen LogP contribution < -0.4 is 9.64 Å². The normalized spacial score (nSPS) is 15.7. The number of fused-ring (bicyclic) bond motifs is 2. The van der Waals surface area contributed by atoms with Crippen molar-refractivity contribution < 1.29 is 9.47 Å². The van der Waals surface area contributed by atoms with E-state index in [1.54, 1.807) is 7.11 Å². The first-order valence-corrected chi connectivity index (χ1v) is 10.5. The van der Waals surface area contributed by atoms with Crippen LogP contribution in [0.2, 0.25) is 0 Å². The van der Waals surface area contributed by atoms with Gasteiger partial charge in [-0.2, -0.15) is 9.61 Å². The Labute approximate surface area is 171 Å². The average molecular weight is 393 g/mol. The van der Waals surface area contributed by atoms with Gasteiger partial charge in [-0.1, -0.05) is 6.07 Å². The number of aromatic nitrogens is 3. The van der Waals surface area contributed by atoms with E-state index in [4.69, 9.17) is 19.6 Å². The van der Waals surface area contributed by atoms with Gasteiger partial charge in [0, 0.05) is 24.2 Å². The van der Waals surface area contributed by atoms with Crippen LogP contribution >= 0.6 is 0 Å². The minimum atomic E-state index is 0.574. The molecule has 2 aliphatic rings. The third-order valence-electron chi connectivity index (χ3n) is 6.14. The molecule has 3 aromatic rings. The van der Waals surface area contributed by atoms with Crippen molar-refractivity contribution in [2.45, 2.75) is 46.8 Å². The van der Waals surface area contributed by atoms with Crippen LogP contribution in [0.3, 0.4) is 0 Å². The van der Waals surface area contributed by atoms with Crippen LogP contribution in [-0.2, 0) is 18.0 Å². The fraction of sp³-hybridized carbons (Fsp3) is 0.478. The molecule has 6 nitrogen and oxygen atoms in total. The summed E-state index contributed by atoms with van der Waals surface area (Å²) in [6, 6.07) is 6.19.